The first-order valence-corrected chi connectivity index (χ1v) is 8.24. The number of ether oxygens (including phenoxy) is 1. The summed E-state index contributed by atoms with van der Waals surface area (Å²) in [6, 6.07) is 14.8. The average molecular weight is 367 g/mol. The summed E-state index contributed by atoms with van der Waals surface area (Å²) in [4.78, 5) is 17.0. The van der Waals surface area contributed by atoms with E-state index in [9.17, 15) is 4.79 Å². The molecule has 0 radical (unpaired) electrons. The van der Waals surface area contributed by atoms with Crippen LogP contribution in [0.25, 0.3) is 27.8 Å². The van der Waals surface area contributed by atoms with Gasteiger partial charge >= 0.3 is 0 Å². The Bertz CT molecular complexity index is 1150. The number of halogens is 1. The van der Waals surface area contributed by atoms with Crippen molar-refractivity contribution in [3.8, 4) is 22.6 Å². The Morgan fingerprint density at radius 1 is 1.08 bits per heavy atom. The molecule has 2 N–H and O–H groups in total. The molecule has 0 amide bonds. The van der Waals surface area contributed by atoms with Crippen molar-refractivity contribution in [2.45, 2.75) is 0 Å². The summed E-state index contributed by atoms with van der Waals surface area (Å²) < 4.78 is 8.05. The number of nitrogens with two attached hydrogens (primary N) is 1. The maximum absolute atomic E-state index is 12.7. The fraction of sp³-hybridized carbons (Fsp3) is 0.0526. The molecule has 0 fully saturated rings. The van der Waals surface area contributed by atoms with Gasteiger partial charge in [-0.3, -0.25) is 4.79 Å². The normalized spacial score (nSPS) is 11.0. The number of nitrogen functional groups attached to an aromatic ring is 1. The SMILES string of the molecule is COc1ccc(-n2cc(-c3ccc(Cl)cc3)c3c(=O)n(N)cnc32)cc1. The van der Waals surface area contributed by atoms with Crippen molar-refractivity contribution >= 4 is 22.6 Å². The van der Waals surface area contributed by atoms with E-state index in [1.807, 2.05) is 47.2 Å². The van der Waals surface area contributed by atoms with Crippen molar-refractivity contribution in [1.29, 1.82) is 0 Å². The summed E-state index contributed by atoms with van der Waals surface area (Å²) in [5, 5.41) is 1.08. The highest BCUT2D eigenvalue weighted by atomic mass is 35.5. The number of rotatable bonds is 3. The molecule has 0 spiro atoms. The smallest absolute Gasteiger partial charge is 0.281 e. The molecule has 4 aromatic rings. The minimum atomic E-state index is -0.313. The molecule has 2 aromatic heterocycles. The second-order valence-corrected chi connectivity index (χ2v) is 6.21. The van der Waals surface area contributed by atoms with Gasteiger partial charge in [0.1, 0.15) is 12.1 Å². The van der Waals surface area contributed by atoms with Crippen molar-refractivity contribution in [2.24, 2.45) is 0 Å². The molecular formula is C19H15ClN4O2. The van der Waals surface area contributed by atoms with Gasteiger partial charge in [-0.1, -0.05) is 23.7 Å². The van der Waals surface area contributed by atoms with Crippen LogP contribution in [0.3, 0.4) is 0 Å². The number of nitrogens with zero attached hydrogens (tertiary/aromatic N) is 3. The highest BCUT2D eigenvalue weighted by Crippen LogP contribution is 2.30. The fourth-order valence-corrected chi connectivity index (χ4v) is 3.05. The first kappa shape index (κ1) is 16.2. The molecule has 0 bridgehead atoms. The fourth-order valence-electron chi connectivity index (χ4n) is 2.92. The van der Waals surface area contributed by atoms with Crippen LogP contribution >= 0.6 is 11.6 Å². The molecule has 0 aliphatic rings. The van der Waals surface area contributed by atoms with Gasteiger partial charge in [0.2, 0.25) is 0 Å². The third-order valence-corrected chi connectivity index (χ3v) is 4.49. The molecule has 130 valence electrons. The van der Waals surface area contributed by atoms with E-state index in [0.29, 0.717) is 16.1 Å². The molecule has 0 aliphatic heterocycles. The minimum absolute atomic E-state index is 0.313. The van der Waals surface area contributed by atoms with Gasteiger partial charge < -0.3 is 15.1 Å². The van der Waals surface area contributed by atoms with Crippen LogP contribution in [0.2, 0.25) is 5.02 Å². The molecule has 6 nitrogen and oxygen atoms in total. The van der Waals surface area contributed by atoms with Gasteiger partial charge in [-0.05, 0) is 42.0 Å². The second-order valence-electron chi connectivity index (χ2n) is 5.77. The van der Waals surface area contributed by atoms with E-state index < -0.39 is 0 Å². The molecule has 0 aliphatic carbocycles. The predicted octanol–water partition coefficient (Wildman–Crippen LogP) is 3.23. The first-order valence-electron chi connectivity index (χ1n) is 7.86. The molecule has 0 atom stereocenters. The predicted molar refractivity (Wildman–Crippen MR) is 102 cm³/mol. The molecule has 26 heavy (non-hydrogen) atoms. The van der Waals surface area contributed by atoms with Gasteiger partial charge in [0.15, 0.2) is 5.65 Å². The quantitative estimate of drug-likeness (QED) is 0.565. The second kappa shape index (κ2) is 6.24. The number of benzene rings is 2. The summed E-state index contributed by atoms with van der Waals surface area (Å²) in [5.41, 5.74) is 2.68. The van der Waals surface area contributed by atoms with Crippen LogP contribution in [0.15, 0.2) is 65.8 Å². The molecule has 7 heteroatoms. The monoisotopic (exact) mass is 366 g/mol. The third kappa shape index (κ3) is 2.60. The van der Waals surface area contributed by atoms with Crippen LogP contribution in [0.1, 0.15) is 0 Å². The lowest BCUT2D eigenvalue weighted by Crippen LogP contribution is -2.27. The van der Waals surface area contributed by atoms with Crippen molar-refractivity contribution in [3.05, 3.63) is 76.4 Å². The van der Waals surface area contributed by atoms with E-state index in [0.717, 1.165) is 27.2 Å². The van der Waals surface area contributed by atoms with Gasteiger partial charge in [0.25, 0.3) is 5.56 Å². The molecule has 2 aromatic carbocycles. The number of hydrogen-bond donors (Lipinski definition) is 1. The van der Waals surface area contributed by atoms with Crippen LogP contribution in [0, 0.1) is 0 Å². The van der Waals surface area contributed by atoms with Gasteiger partial charge in [-0.25, -0.2) is 9.66 Å². The summed E-state index contributed by atoms with van der Waals surface area (Å²) in [6.07, 6.45) is 3.19. The zero-order chi connectivity index (χ0) is 18.3. The van der Waals surface area contributed by atoms with Crippen LogP contribution in [0.5, 0.6) is 5.75 Å². The van der Waals surface area contributed by atoms with Gasteiger partial charge in [-0.15, -0.1) is 0 Å². The van der Waals surface area contributed by atoms with Crippen molar-refractivity contribution < 1.29 is 4.74 Å². The highest BCUT2D eigenvalue weighted by Gasteiger charge is 2.17. The average Bonchev–Trinajstić information content (AvgIpc) is 3.05. The zero-order valence-electron chi connectivity index (χ0n) is 13.9. The van der Waals surface area contributed by atoms with Crippen LogP contribution in [0.4, 0.5) is 0 Å². The van der Waals surface area contributed by atoms with Crippen LogP contribution < -0.4 is 16.1 Å². The Hall–Kier alpha value is -3.25. The number of hydrogen-bond acceptors (Lipinski definition) is 4. The molecular weight excluding hydrogens is 352 g/mol. The number of aromatic nitrogens is 3. The van der Waals surface area contributed by atoms with Crippen LogP contribution in [-0.4, -0.2) is 21.3 Å². The molecule has 0 unspecified atom stereocenters. The van der Waals surface area contributed by atoms with E-state index >= 15 is 0 Å². The van der Waals surface area contributed by atoms with Crippen LogP contribution in [-0.2, 0) is 0 Å². The van der Waals surface area contributed by atoms with E-state index in [4.69, 9.17) is 22.2 Å². The number of methoxy groups -OCH3 is 1. The summed E-state index contributed by atoms with van der Waals surface area (Å²) >= 11 is 5.99. The van der Waals surface area contributed by atoms with E-state index in [1.54, 1.807) is 19.2 Å². The molecule has 2 heterocycles. The maximum atomic E-state index is 12.7. The standard InChI is InChI=1S/C19H15ClN4O2/c1-26-15-8-6-14(7-9-15)23-10-16(12-2-4-13(20)5-3-12)17-18(23)22-11-24(21)19(17)25/h2-11H,21H2,1H3. The first-order chi connectivity index (χ1) is 12.6. The third-order valence-electron chi connectivity index (χ3n) is 4.24. The largest absolute Gasteiger partial charge is 0.497 e. The Morgan fingerprint density at radius 3 is 2.42 bits per heavy atom. The zero-order valence-corrected chi connectivity index (χ0v) is 14.6. The lowest BCUT2D eigenvalue weighted by molar-refractivity contribution is 0.415. The summed E-state index contributed by atoms with van der Waals surface area (Å²) in [6.45, 7) is 0. The molecule has 4 rings (SSSR count). The Balaban J connectivity index is 2.01. The van der Waals surface area contributed by atoms with E-state index in [-0.39, 0.29) is 5.56 Å². The van der Waals surface area contributed by atoms with Gasteiger partial charge in [0.05, 0.1) is 12.5 Å². The van der Waals surface area contributed by atoms with Crippen molar-refractivity contribution in [3.63, 3.8) is 0 Å². The van der Waals surface area contributed by atoms with Crippen molar-refractivity contribution in [1.82, 2.24) is 14.2 Å². The Morgan fingerprint density at radius 2 is 1.77 bits per heavy atom. The van der Waals surface area contributed by atoms with Gasteiger partial charge in [-0.2, -0.15) is 0 Å². The Labute approximate surface area is 154 Å². The minimum Gasteiger partial charge on any atom is -0.497 e. The summed E-state index contributed by atoms with van der Waals surface area (Å²) in [5.74, 6) is 6.49. The topological polar surface area (TPSA) is 75.1 Å². The maximum Gasteiger partial charge on any atom is 0.281 e. The Kier molecular flexibility index (Phi) is 3.89. The van der Waals surface area contributed by atoms with E-state index in [2.05, 4.69) is 4.98 Å². The molecule has 0 saturated heterocycles. The van der Waals surface area contributed by atoms with E-state index in [1.165, 1.54) is 6.33 Å². The number of fused-ring (bicyclic) bond motifs is 1. The summed E-state index contributed by atoms with van der Waals surface area (Å²) in [7, 11) is 1.62. The lowest BCUT2D eigenvalue weighted by atomic mass is 10.1. The van der Waals surface area contributed by atoms with Gasteiger partial charge in [0, 0.05) is 22.5 Å². The highest BCUT2D eigenvalue weighted by molar-refractivity contribution is 6.30. The van der Waals surface area contributed by atoms with Crippen molar-refractivity contribution in [2.75, 3.05) is 13.0 Å². The molecule has 0 saturated carbocycles. The lowest BCUT2D eigenvalue weighted by Gasteiger charge is -2.06.